The van der Waals surface area contributed by atoms with Gasteiger partial charge < -0.3 is 14.4 Å². The molecule has 0 spiro atoms. The van der Waals surface area contributed by atoms with Crippen LogP contribution in [0.4, 0.5) is 0 Å². The zero-order chi connectivity index (χ0) is 10.9. The minimum absolute atomic E-state index is 0.441. The Hall–Kier alpha value is -1.36. The van der Waals surface area contributed by atoms with Crippen molar-refractivity contribution in [3.63, 3.8) is 0 Å². The van der Waals surface area contributed by atoms with Crippen molar-refractivity contribution < 1.29 is 19.2 Å². The van der Waals surface area contributed by atoms with Crippen molar-refractivity contribution in [2.75, 3.05) is 13.2 Å². The molecule has 1 fully saturated rings. The van der Waals surface area contributed by atoms with Gasteiger partial charge in [0.2, 0.25) is 0 Å². The molecule has 0 unspecified atom stereocenters. The molecule has 0 aromatic carbocycles. The third kappa shape index (κ3) is 1.63. The summed E-state index contributed by atoms with van der Waals surface area (Å²) in [6.07, 6.45) is 0.883. The summed E-state index contributed by atoms with van der Waals surface area (Å²) in [5.74, 6) is -0.419. The van der Waals surface area contributed by atoms with Gasteiger partial charge in [-0.1, -0.05) is 5.16 Å². The van der Waals surface area contributed by atoms with Gasteiger partial charge in [-0.15, -0.1) is 0 Å². The van der Waals surface area contributed by atoms with E-state index in [0.717, 1.165) is 0 Å². The van der Waals surface area contributed by atoms with Crippen LogP contribution in [0.15, 0.2) is 10.6 Å². The number of carboxylic acid groups (broad SMARTS) is 1. The van der Waals surface area contributed by atoms with Crippen LogP contribution in [0.1, 0.15) is 24.3 Å². The molecule has 1 aromatic rings. The molecule has 0 radical (unpaired) electrons. The molecule has 1 saturated heterocycles. The number of hydrogen-bond acceptors (Lipinski definition) is 4. The molecule has 0 atom stereocenters. The minimum Gasteiger partial charge on any atom is -0.480 e. The lowest BCUT2D eigenvalue weighted by atomic mass is 9.78. The Labute approximate surface area is 87.0 Å². The van der Waals surface area contributed by atoms with Crippen LogP contribution in [0.25, 0.3) is 0 Å². The zero-order valence-corrected chi connectivity index (χ0v) is 8.52. The number of aromatic nitrogens is 1. The SMILES string of the molecule is Cc1cc(C2(C(=O)O)CCOCC2)on1. The van der Waals surface area contributed by atoms with Gasteiger partial charge in [0, 0.05) is 19.3 Å². The molecule has 15 heavy (non-hydrogen) atoms. The van der Waals surface area contributed by atoms with E-state index in [4.69, 9.17) is 9.26 Å². The van der Waals surface area contributed by atoms with Crippen LogP contribution in [-0.4, -0.2) is 29.4 Å². The third-order valence-electron chi connectivity index (χ3n) is 2.86. The Morgan fingerprint density at radius 3 is 2.67 bits per heavy atom. The van der Waals surface area contributed by atoms with Crippen molar-refractivity contribution >= 4 is 5.97 Å². The van der Waals surface area contributed by atoms with Gasteiger partial charge in [0.1, 0.15) is 5.41 Å². The molecular formula is C10H13NO4. The van der Waals surface area contributed by atoms with Crippen molar-refractivity contribution in [1.29, 1.82) is 0 Å². The highest BCUT2D eigenvalue weighted by atomic mass is 16.5. The normalized spacial score (nSPS) is 20.1. The van der Waals surface area contributed by atoms with E-state index >= 15 is 0 Å². The molecule has 5 nitrogen and oxygen atoms in total. The van der Waals surface area contributed by atoms with Gasteiger partial charge >= 0.3 is 5.97 Å². The van der Waals surface area contributed by atoms with E-state index in [-0.39, 0.29) is 0 Å². The third-order valence-corrected chi connectivity index (χ3v) is 2.86. The molecule has 0 bridgehead atoms. The Morgan fingerprint density at radius 2 is 2.20 bits per heavy atom. The number of carbonyl (C=O) groups is 1. The first-order chi connectivity index (χ1) is 7.15. The Balaban J connectivity index is 2.37. The average Bonchev–Trinajstić information content (AvgIpc) is 2.66. The molecule has 5 heteroatoms. The highest BCUT2D eigenvalue weighted by Gasteiger charge is 2.45. The summed E-state index contributed by atoms with van der Waals surface area (Å²) in [7, 11) is 0. The van der Waals surface area contributed by atoms with Crippen molar-refractivity contribution in [1.82, 2.24) is 5.16 Å². The van der Waals surface area contributed by atoms with E-state index in [1.165, 1.54) is 0 Å². The van der Waals surface area contributed by atoms with Crippen LogP contribution in [0, 0.1) is 6.92 Å². The zero-order valence-electron chi connectivity index (χ0n) is 8.52. The summed E-state index contributed by atoms with van der Waals surface area (Å²) >= 11 is 0. The van der Waals surface area contributed by atoms with Crippen LogP contribution in [0.5, 0.6) is 0 Å². The fraction of sp³-hybridized carbons (Fsp3) is 0.600. The molecule has 1 aromatic heterocycles. The summed E-state index contributed by atoms with van der Waals surface area (Å²) in [5, 5.41) is 13.0. The Morgan fingerprint density at radius 1 is 1.53 bits per heavy atom. The summed E-state index contributed by atoms with van der Waals surface area (Å²) in [6, 6.07) is 1.69. The molecule has 0 aliphatic carbocycles. The van der Waals surface area contributed by atoms with E-state index in [1.807, 2.05) is 0 Å². The standard InChI is InChI=1S/C10H13NO4/c1-7-6-8(15-11-7)10(9(12)13)2-4-14-5-3-10/h6H,2-5H2,1H3,(H,12,13). The van der Waals surface area contributed by atoms with E-state index < -0.39 is 11.4 Å². The van der Waals surface area contributed by atoms with E-state index in [0.29, 0.717) is 37.5 Å². The molecular weight excluding hydrogens is 198 g/mol. The first-order valence-corrected chi connectivity index (χ1v) is 4.90. The van der Waals surface area contributed by atoms with Gasteiger partial charge in [0.05, 0.1) is 5.69 Å². The molecule has 82 valence electrons. The molecule has 2 heterocycles. The Bertz CT molecular complexity index is 365. The number of nitrogens with zero attached hydrogens (tertiary/aromatic N) is 1. The largest absolute Gasteiger partial charge is 0.480 e. The van der Waals surface area contributed by atoms with Crippen molar-refractivity contribution in [3.8, 4) is 0 Å². The van der Waals surface area contributed by atoms with Crippen molar-refractivity contribution in [3.05, 3.63) is 17.5 Å². The lowest BCUT2D eigenvalue weighted by molar-refractivity contribution is -0.149. The minimum atomic E-state index is -0.945. The molecule has 0 saturated carbocycles. The second-order valence-electron chi connectivity index (χ2n) is 3.83. The highest BCUT2D eigenvalue weighted by Crippen LogP contribution is 2.35. The van der Waals surface area contributed by atoms with Gasteiger partial charge in [0.15, 0.2) is 5.76 Å². The molecule has 1 N–H and O–H groups in total. The predicted molar refractivity (Wildman–Crippen MR) is 50.6 cm³/mol. The Kier molecular flexibility index (Phi) is 2.48. The van der Waals surface area contributed by atoms with Gasteiger partial charge in [-0.25, -0.2) is 0 Å². The van der Waals surface area contributed by atoms with Crippen LogP contribution in [0.3, 0.4) is 0 Å². The summed E-state index contributed by atoms with van der Waals surface area (Å²) in [5.41, 5.74) is -0.239. The van der Waals surface area contributed by atoms with E-state index in [1.54, 1.807) is 13.0 Å². The lowest BCUT2D eigenvalue weighted by Crippen LogP contribution is -2.41. The number of aliphatic carboxylic acids is 1. The van der Waals surface area contributed by atoms with Gasteiger partial charge in [0.25, 0.3) is 0 Å². The molecule has 1 aliphatic rings. The van der Waals surface area contributed by atoms with Crippen LogP contribution < -0.4 is 0 Å². The number of aryl methyl sites for hydroxylation is 1. The summed E-state index contributed by atoms with van der Waals surface area (Å²) in [4.78, 5) is 11.3. The predicted octanol–water partition coefficient (Wildman–Crippen LogP) is 1.12. The first-order valence-electron chi connectivity index (χ1n) is 4.90. The first kappa shape index (κ1) is 10.2. The van der Waals surface area contributed by atoms with E-state index in [9.17, 15) is 9.90 Å². The van der Waals surface area contributed by atoms with Gasteiger partial charge in [-0.2, -0.15) is 0 Å². The number of ether oxygens (including phenoxy) is 1. The number of rotatable bonds is 2. The summed E-state index contributed by atoms with van der Waals surface area (Å²) < 4.78 is 10.3. The monoisotopic (exact) mass is 211 g/mol. The fourth-order valence-corrected chi connectivity index (χ4v) is 1.87. The van der Waals surface area contributed by atoms with Gasteiger partial charge in [-0.05, 0) is 19.8 Å². The van der Waals surface area contributed by atoms with Crippen molar-refractivity contribution in [2.24, 2.45) is 0 Å². The quantitative estimate of drug-likeness (QED) is 0.793. The second-order valence-corrected chi connectivity index (χ2v) is 3.83. The lowest BCUT2D eigenvalue weighted by Gasteiger charge is -2.30. The summed E-state index contributed by atoms with van der Waals surface area (Å²) in [6.45, 7) is 2.68. The molecule has 2 rings (SSSR count). The van der Waals surface area contributed by atoms with Crippen molar-refractivity contribution in [2.45, 2.75) is 25.2 Å². The fourth-order valence-electron chi connectivity index (χ4n) is 1.87. The maximum Gasteiger partial charge on any atom is 0.317 e. The maximum atomic E-state index is 11.3. The van der Waals surface area contributed by atoms with E-state index in [2.05, 4.69) is 5.16 Å². The molecule has 1 aliphatic heterocycles. The topological polar surface area (TPSA) is 72.6 Å². The van der Waals surface area contributed by atoms with Crippen LogP contribution in [-0.2, 0) is 14.9 Å². The number of carboxylic acids is 1. The maximum absolute atomic E-state index is 11.3. The number of hydrogen-bond donors (Lipinski definition) is 1. The molecule has 0 amide bonds. The highest BCUT2D eigenvalue weighted by molar-refractivity contribution is 5.80. The van der Waals surface area contributed by atoms with Crippen LogP contribution in [0.2, 0.25) is 0 Å². The van der Waals surface area contributed by atoms with Gasteiger partial charge in [-0.3, -0.25) is 4.79 Å². The second kappa shape index (κ2) is 3.66. The average molecular weight is 211 g/mol. The van der Waals surface area contributed by atoms with Crippen LogP contribution >= 0.6 is 0 Å². The smallest absolute Gasteiger partial charge is 0.317 e.